The van der Waals surface area contributed by atoms with Gasteiger partial charge in [0.15, 0.2) is 0 Å². The van der Waals surface area contributed by atoms with Crippen molar-refractivity contribution >= 4 is 23.2 Å². The zero-order valence-corrected chi connectivity index (χ0v) is 14.1. The van der Waals surface area contributed by atoms with E-state index in [1.54, 1.807) is 6.07 Å². The van der Waals surface area contributed by atoms with Gasteiger partial charge in [0.2, 0.25) is 11.7 Å². The summed E-state index contributed by atoms with van der Waals surface area (Å²) < 4.78 is 51.8. The maximum Gasteiger partial charge on any atom is 0.417 e. The Morgan fingerprint density at radius 3 is 2.67 bits per heavy atom. The number of rotatable bonds is 4. The van der Waals surface area contributed by atoms with E-state index < -0.39 is 35.0 Å². The summed E-state index contributed by atoms with van der Waals surface area (Å²) in [7, 11) is 0. The fourth-order valence-corrected chi connectivity index (χ4v) is 2.43. The quantitative estimate of drug-likeness (QED) is 0.677. The second-order valence-corrected chi connectivity index (χ2v) is 5.80. The Morgan fingerprint density at radius 2 is 1.96 bits per heavy atom. The molecule has 3 rings (SSSR count). The van der Waals surface area contributed by atoms with Crippen LogP contribution in [0.3, 0.4) is 0 Å². The third-order valence-electron chi connectivity index (χ3n) is 3.38. The van der Waals surface area contributed by atoms with Crippen molar-refractivity contribution in [3.8, 4) is 11.4 Å². The van der Waals surface area contributed by atoms with E-state index in [4.69, 9.17) is 11.6 Å². The number of hydrogen-bond acceptors (Lipinski definition) is 4. The number of tetrazole rings is 1. The molecule has 140 valence electrons. The molecular weight excluding hydrogens is 390 g/mol. The van der Waals surface area contributed by atoms with E-state index in [2.05, 4.69) is 20.7 Å². The van der Waals surface area contributed by atoms with Gasteiger partial charge in [0.25, 0.3) is 0 Å². The summed E-state index contributed by atoms with van der Waals surface area (Å²) in [4.78, 5) is 13.0. The zero-order chi connectivity index (χ0) is 19.6. The lowest BCUT2D eigenvalue weighted by Gasteiger charge is -2.11. The SMILES string of the molecule is O=C(Cn1nnc(-c2cccc(F)c2)n1)Nc1ccc(Cl)c(C(F)(F)F)c1. The van der Waals surface area contributed by atoms with Gasteiger partial charge in [0, 0.05) is 11.3 Å². The molecule has 0 aliphatic heterocycles. The van der Waals surface area contributed by atoms with Gasteiger partial charge in [-0.25, -0.2) is 4.39 Å². The number of halogens is 5. The van der Waals surface area contributed by atoms with Crippen LogP contribution < -0.4 is 5.32 Å². The predicted octanol–water partition coefficient (Wildman–Crippen LogP) is 3.79. The van der Waals surface area contributed by atoms with Gasteiger partial charge < -0.3 is 5.32 Å². The van der Waals surface area contributed by atoms with E-state index >= 15 is 0 Å². The van der Waals surface area contributed by atoms with E-state index in [9.17, 15) is 22.4 Å². The zero-order valence-electron chi connectivity index (χ0n) is 13.3. The molecule has 0 saturated heterocycles. The fourth-order valence-electron chi connectivity index (χ4n) is 2.20. The van der Waals surface area contributed by atoms with Crippen LogP contribution >= 0.6 is 11.6 Å². The smallest absolute Gasteiger partial charge is 0.324 e. The molecule has 0 fully saturated rings. The summed E-state index contributed by atoms with van der Waals surface area (Å²) in [5, 5.41) is 13.1. The van der Waals surface area contributed by atoms with Crippen molar-refractivity contribution in [2.75, 3.05) is 5.32 Å². The van der Waals surface area contributed by atoms with Gasteiger partial charge in [-0.2, -0.15) is 18.0 Å². The number of nitrogens with one attached hydrogen (secondary N) is 1. The van der Waals surface area contributed by atoms with Crippen LogP contribution in [0.4, 0.5) is 23.2 Å². The number of carbonyl (C=O) groups is 1. The van der Waals surface area contributed by atoms with Crippen LogP contribution in [0.2, 0.25) is 5.02 Å². The highest BCUT2D eigenvalue weighted by atomic mass is 35.5. The molecule has 0 radical (unpaired) electrons. The van der Waals surface area contributed by atoms with Gasteiger partial charge in [-0.1, -0.05) is 23.7 Å². The molecule has 3 aromatic rings. The molecule has 6 nitrogen and oxygen atoms in total. The van der Waals surface area contributed by atoms with Crippen LogP contribution in [0.5, 0.6) is 0 Å². The molecule has 0 aliphatic rings. The van der Waals surface area contributed by atoms with Crippen molar-refractivity contribution in [3.05, 3.63) is 58.9 Å². The number of carbonyl (C=O) groups excluding carboxylic acids is 1. The minimum atomic E-state index is -4.65. The first-order valence-electron chi connectivity index (χ1n) is 7.43. The minimum Gasteiger partial charge on any atom is -0.324 e. The largest absolute Gasteiger partial charge is 0.417 e. The second kappa shape index (κ2) is 7.31. The van der Waals surface area contributed by atoms with Crippen LogP contribution in [0, 0.1) is 5.82 Å². The first-order valence-corrected chi connectivity index (χ1v) is 7.80. The lowest BCUT2D eigenvalue weighted by atomic mass is 10.2. The Balaban J connectivity index is 1.70. The molecule has 0 unspecified atom stereocenters. The van der Waals surface area contributed by atoms with E-state index in [1.165, 1.54) is 24.3 Å². The van der Waals surface area contributed by atoms with Crippen LogP contribution in [-0.4, -0.2) is 26.1 Å². The molecule has 1 heterocycles. The van der Waals surface area contributed by atoms with Gasteiger partial charge in [-0.05, 0) is 35.5 Å². The highest BCUT2D eigenvalue weighted by molar-refractivity contribution is 6.31. The van der Waals surface area contributed by atoms with E-state index in [1.807, 2.05) is 0 Å². The first-order chi connectivity index (χ1) is 12.7. The van der Waals surface area contributed by atoms with Gasteiger partial charge in [0.1, 0.15) is 12.4 Å². The molecule has 27 heavy (non-hydrogen) atoms. The lowest BCUT2D eigenvalue weighted by molar-refractivity contribution is -0.137. The van der Waals surface area contributed by atoms with Crippen LogP contribution in [0.25, 0.3) is 11.4 Å². The van der Waals surface area contributed by atoms with Gasteiger partial charge in [0.05, 0.1) is 10.6 Å². The summed E-state index contributed by atoms with van der Waals surface area (Å²) in [6.45, 7) is -0.397. The molecule has 0 spiro atoms. The van der Waals surface area contributed by atoms with Gasteiger partial charge in [-0.15, -0.1) is 10.2 Å². The first kappa shape index (κ1) is 18.8. The van der Waals surface area contributed by atoms with Crippen LogP contribution in [0.1, 0.15) is 5.56 Å². The maximum absolute atomic E-state index is 13.2. The van der Waals surface area contributed by atoms with Gasteiger partial charge >= 0.3 is 6.18 Å². The van der Waals surface area contributed by atoms with Crippen LogP contribution in [-0.2, 0) is 17.5 Å². The molecule has 0 aliphatic carbocycles. The number of nitrogens with zero attached hydrogens (tertiary/aromatic N) is 4. The van der Waals surface area contributed by atoms with Crippen molar-refractivity contribution in [2.24, 2.45) is 0 Å². The summed E-state index contributed by atoms with van der Waals surface area (Å²) in [6, 6.07) is 8.50. The van der Waals surface area contributed by atoms with Gasteiger partial charge in [-0.3, -0.25) is 4.79 Å². The molecule has 2 aromatic carbocycles. The predicted molar refractivity (Wildman–Crippen MR) is 88.3 cm³/mol. The topological polar surface area (TPSA) is 72.7 Å². The Bertz CT molecular complexity index is 989. The normalized spacial score (nSPS) is 11.4. The molecule has 0 saturated carbocycles. The third-order valence-corrected chi connectivity index (χ3v) is 3.71. The Morgan fingerprint density at radius 1 is 1.19 bits per heavy atom. The fraction of sp³-hybridized carbons (Fsp3) is 0.125. The number of amides is 1. The number of alkyl halides is 3. The average molecular weight is 400 g/mol. The van der Waals surface area contributed by atoms with Crippen molar-refractivity contribution in [3.63, 3.8) is 0 Å². The minimum absolute atomic E-state index is 0.0813. The Kier molecular flexibility index (Phi) is 5.08. The summed E-state index contributed by atoms with van der Waals surface area (Å²) in [5.74, 6) is -1.05. The highest BCUT2D eigenvalue weighted by Crippen LogP contribution is 2.36. The molecular formula is C16H10ClF4N5O. The number of anilines is 1. The average Bonchev–Trinajstić information content (AvgIpc) is 3.04. The van der Waals surface area contributed by atoms with Crippen molar-refractivity contribution in [1.82, 2.24) is 20.2 Å². The number of benzene rings is 2. The molecule has 11 heteroatoms. The number of aromatic nitrogens is 4. The Hall–Kier alpha value is -3.01. The molecule has 1 N–H and O–H groups in total. The third kappa shape index (κ3) is 4.59. The standard InChI is InChI=1S/C16H10ClF4N5O/c17-13-5-4-11(7-12(13)16(19,20)21)22-14(27)8-26-24-15(23-25-26)9-2-1-3-10(18)6-9/h1-7H,8H2,(H,22,27). The Labute approximate surface area is 154 Å². The van der Waals surface area contributed by atoms with Crippen molar-refractivity contribution < 1.29 is 22.4 Å². The molecule has 1 amide bonds. The number of hydrogen-bond donors (Lipinski definition) is 1. The van der Waals surface area contributed by atoms with Crippen molar-refractivity contribution in [1.29, 1.82) is 0 Å². The highest BCUT2D eigenvalue weighted by Gasteiger charge is 2.33. The summed E-state index contributed by atoms with van der Waals surface area (Å²) in [5.41, 5.74) is -0.773. The van der Waals surface area contributed by atoms with E-state index in [0.29, 0.717) is 5.56 Å². The monoisotopic (exact) mass is 399 g/mol. The molecule has 0 atom stereocenters. The molecule has 1 aromatic heterocycles. The summed E-state index contributed by atoms with van der Waals surface area (Å²) in [6.07, 6.45) is -4.65. The van der Waals surface area contributed by atoms with E-state index in [-0.39, 0.29) is 11.5 Å². The van der Waals surface area contributed by atoms with Crippen molar-refractivity contribution in [2.45, 2.75) is 12.7 Å². The maximum atomic E-state index is 13.2. The molecule has 0 bridgehead atoms. The lowest BCUT2D eigenvalue weighted by Crippen LogP contribution is -2.20. The summed E-state index contributed by atoms with van der Waals surface area (Å²) >= 11 is 5.53. The van der Waals surface area contributed by atoms with Crippen LogP contribution in [0.15, 0.2) is 42.5 Å². The second-order valence-electron chi connectivity index (χ2n) is 5.39. The van der Waals surface area contributed by atoms with E-state index in [0.717, 1.165) is 16.9 Å².